The molecule has 0 saturated carbocycles. The molecule has 0 bridgehead atoms. The first-order valence-corrected chi connectivity index (χ1v) is 13.2. The third kappa shape index (κ3) is 3.74. The molecule has 2 nitrogen and oxygen atoms in total. The minimum absolute atomic E-state index is 1.01. The maximum absolute atomic E-state index is 4.25. The molecule has 1 aliphatic heterocycles. The van der Waals surface area contributed by atoms with Gasteiger partial charge in [-0.1, -0.05) is 91.5 Å². The zero-order valence-electron chi connectivity index (χ0n) is 21.2. The molecule has 0 amide bonds. The third-order valence-electron chi connectivity index (χ3n) is 7.61. The number of hydrogen-bond donors (Lipinski definition) is 0. The van der Waals surface area contributed by atoms with Crippen LogP contribution in [0.5, 0.6) is 0 Å². The first-order chi connectivity index (χ1) is 18.8. The second-order valence-electron chi connectivity index (χ2n) is 9.86. The number of hydrogen-bond acceptors (Lipinski definition) is 1. The van der Waals surface area contributed by atoms with Crippen molar-refractivity contribution in [2.24, 2.45) is 0 Å². The van der Waals surface area contributed by atoms with E-state index in [0.717, 1.165) is 35.4 Å². The second kappa shape index (κ2) is 9.24. The van der Waals surface area contributed by atoms with Gasteiger partial charge in [-0.15, -0.1) is 0 Å². The summed E-state index contributed by atoms with van der Waals surface area (Å²) in [4.78, 5) is 2.23. The average molecular weight is 489 g/mol. The van der Waals surface area contributed by atoms with E-state index in [0.29, 0.717) is 0 Å². The standard InChI is InChI=1S/C36H28N2/c1-26-10-8-9-25-37(34-14-5-2-11-31(26)34)29-21-17-27(18-22-29)28-19-23-30(24-20-28)38-35-15-6-3-12-32(35)33-13-4-7-16-36(33)38/h2-6,8-15,17-25H,1,7,16H2/b10-8-,25-9-. The van der Waals surface area contributed by atoms with E-state index >= 15 is 0 Å². The zero-order valence-corrected chi connectivity index (χ0v) is 21.2. The SMILES string of the molecule is C=C1/C=C\C=C/N(c2ccc(-c3ccc(-n4c5c(c6ccccc64)C=CCC5)cc3)cc2)c2ccccc21. The lowest BCUT2D eigenvalue weighted by molar-refractivity contribution is 0.888. The molecule has 0 atom stereocenters. The summed E-state index contributed by atoms with van der Waals surface area (Å²) < 4.78 is 2.44. The monoisotopic (exact) mass is 488 g/mol. The van der Waals surface area contributed by atoms with Gasteiger partial charge in [0.2, 0.25) is 0 Å². The van der Waals surface area contributed by atoms with E-state index in [9.17, 15) is 0 Å². The molecule has 0 radical (unpaired) electrons. The number of aromatic nitrogens is 1. The van der Waals surface area contributed by atoms with E-state index < -0.39 is 0 Å². The van der Waals surface area contributed by atoms with Gasteiger partial charge in [-0.2, -0.15) is 0 Å². The summed E-state index contributed by atoms with van der Waals surface area (Å²) in [5, 5.41) is 1.33. The highest BCUT2D eigenvalue weighted by Crippen LogP contribution is 2.36. The Morgan fingerprint density at radius 2 is 1.37 bits per heavy atom. The highest BCUT2D eigenvalue weighted by Gasteiger charge is 2.18. The highest BCUT2D eigenvalue weighted by atomic mass is 15.1. The summed E-state index contributed by atoms with van der Waals surface area (Å²) in [6.07, 6.45) is 15.0. The van der Waals surface area contributed by atoms with Crippen molar-refractivity contribution in [1.29, 1.82) is 0 Å². The lowest BCUT2D eigenvalue weighted by Crippen LogP contribution is -2.11. The molecule has 2 heteroatoms. The number of para-hydroxylation sites is 2. The topological polar surface area (TPSA) is 8.17 Å². The van der Waals surface area contributed by atoms with Gasteiger partial charge in [-0.3, -0.25) is 0 Å². The zero-order chi connectivity index (χ0) is 25.5. The molecule has 0 fully saturated rings. The van der Waals surface area contributed by atoms with Crippen molar-refractivity contribution < 1.29 is 0 Å². The summed E-state index contributed by atoms with van der Waals surface area (Å²) in [6.45, 7) is 4.25. The molecule has 182 valence electrons. The van der Waals surface area contributed by atoms with Gasteiger partial charge in [0.25, 0.3) is 0 Å². The van der Waals surface area contributed by atoms with E-state index in [1.807, 2.05) is 6.08 Å². The molecule has 2 aliphatic rings. The maximum Gasteiger partial charge on any atom is 0.0537 e. The van der Waals surface area contributed by atoms with Gasteiger partial charge in [-0.25, -0.2) is 0 Å². The van der Waals surface area contributed by atoms with Crippen LogP contribution in [0.1, 0.15) is 23.2 Å². The highest BCUT2D eigenvalue weighted by molar-refractivity contribution is 5.93. The molecule has 38 heavy (non-hydrogen) atoms. The molecule has 7 rings (SSSR count). The van der Waals surface area contributed by atoms with Gasteiger partial charge in [0.1, 0.15) is 0 Å². The van der Waals surface area contributed by atoms with Crippen LogP contribution in [0.15, 0.2) is 134 Å². The Morgan fingerprint density at radius 1 is 0.658 bits per heavy atom. The lowest BCUT2D eigenvalue weighted by Gasteiger charge is -2.25. The summed E-state index contributed by atoms with van der Waals surface area (Å²) >= 11 is 0. The first kappa shape index (κ1) is 22.4. The summed E-state index contributed by atoms with van der Waals surface area (Å²) in [5.74, 6) is 0. The minimum Gasteiger partial charge on any atom is -0.317 e. The molecule has 1 aliphatic carbocycles. The molecule has 0 N–H and O–H groups in total. The van der Waals surface area contributed by atoms with Gasteiger partial charge < -0.3 is 9.47 Å². The van der Waals surface area contributed by atoms with Gasteiger partial charge in [0.05, 0.1) is 11.2 Å². The average Bonchev–Trinajstić information content (AvgIpc) is 3.31. The fourth-order valence-corrected chi connectivity index (χ4v) is 5.74. The quantitative estimate of drug-likeness (QED) is 0.245. The van der Waals surface area contributed by atoms with E-state index in [4.69, 9.17) is 0 Å². The van der Waals surface area contributed by atoms with Crippen LogP contribution in [0.25, 0.3) is 39.4 Å². The Bertz CT molecular complexity index is 1760. The largest absolute Gasteiger partial charge is 0.317 e. The van der Waals surface area contributed by atoms with Crippen molar-refractivity contribution >= 4 is 33.9 Å². The van der Waals surface area contributed by atoms with Crippen LogP contribution in [0.3, 0.4) is 0 Å². The minimum atomic E-state index is 1.01. The predicted molar refractivity (Wildman–Crippen MR) is 162 cm³/mol. The Hall–Kier alpha value is -4.82. The molecule has 0 saturated heterocycles. The Labute approximate surface area is 223 Å². The van der Waals surface area contributed by atoms with Gasteiger partial charge >= 0.3 is 0 Å². The van der Waals surface area contributed by atoms with Crippen molar-refractivity contribution in [3.8, 4) is 16.8 Å². The number of anilines is 2. The first-order valence-electron chi connectivity index (χ1n) is 13.2. The third-order valence-corrected chi connectivity index (χ3v) is 7.61. The fraction of sp³-hybridized carbons (Fsp3) is 0.0556. The molecule has 0 spiro atoms. The molecular weight excluding hydrogens is 460 g/mol. The lowest BCUT2D eigenvalue weighted by atomic mass is 10.0. The Morgan fingerprint density at radius 3 is 2.18 bits per heavy atom. The molecule has 5 aromatic rings. The van der Waals surface area contributed by atoms with Crippen molar-refractivity contribution in [3.05, 3.63) is 151 Å². The number of nitrogens with zero attached hydrogens (tertiary/aromatic N) is 2. The smallest absolute Gasteiger partial charge is 0.0537 e. The van der Waals surface area contributed by atoms with E-state index in [2.05, 4.69) is 144 Å². The molecule has 4 aromatic carbocycles. The van der Waals surface area contributed by atoms with Crippen molar-refractivity contribution in [3.63, 3.8) is 0 Å². The van der Waals surface area contributed by atoms with Crippen molar-refractivity contribution in [1.82, 2.24) is 4.57 Å². The van der Waals surface area contributed by atoms with Crippen molar-refractivity contribution in [2.75, 3.05) is 4.90 Å². The van der Waals surface area contributed by atoms with Crippen LogP contribution in [-0.2, 0) is 6.42 Å². The van der Waals surface area contributed by atoms with E-state index in [1.54, 1.807) is 0 Å². The summed E-state index contributed by atoms with van der Waals surface area (Å²) in [5.41, 5.74) is 12.1. The Kier molecular flexibility index (Phi) is 5.44. The number of fused-ring (bicyclic) bond motifs is 4. The van der Waals surface area contributed by atoms with Crippen LogP contribution in [0.2, 0.25) is 0 Å². The number of rotatable bonds is 3. The molecule has 0 unspecified atom stereocenters. The summed E-state index contributed by atoms with van der Waals surface area (Å²) in [6, 6.07) is 35.0. The van der Waals surface area contributed by atoms with Crippen LogP contribution in [-0.4, -0.2) is 4.57 Å². The van der Waals surface area contributed by atoms with E-state index in [-0.39, 0.29) is 0 Å². The number of allylic oxidation sites excluding steroid dienone is 5. The van der Waals surface area contributed by atoms with E-state index in [1.165, 1.54) is 39.0 Å². The van der Waals surface area contributed by atoms with Crippen LogP contribution >= 0.6 is 0 Å². The normalized spacial score (nSPS) is 16.0. The molecule has 2 heterocycles. The van der Waals surface area contributed by atoms with Crippen molar-refractivity contribution in [2.45, 2.75) is 12.8 Å². The second-order valence-corrected chi connectivity index (χ2v) is 9.86. The van der Waals surface area contributed by atoms with Gasteiger partial charge in [-0.05, 0) is 72.0 Å². The fourth-order valence-electron chi connectivity index (χ4n) is 5.74. The van der Waals surface area contributed by atoms with Crippen LogP contribution in [0.4, 0.5) is 11.4 Å². The molecule has 1 aromatic heterocycles. The molecular formula is C36H28N2. The summed E-state index contributed by atoms with van der Waals surface area (Å²) in [7, 11) is 0. The predicted octanol–water partition coefficient (Wildman–Crippen LogP) is 9.49. The van der Waals surface area contributed by atoms with Crippen LogP contribution in [0, 0.1) is 0 Å². The van der Waals surface area contributed by atoms with Gasteiger partial charge in [0, 0.05) is 39.8 Å². The number of benzene rings is 4. The Balaban J connectivity index is 1.22. The van der Waals surface area contributed by atoms with Crippen LogP contribution < -0.4 is 4.90 Å². The van der Waals surface area contributed by atoms with Gasteiger partial charge in [0.15, 0.2) is 0 Å². The maximum atomic E-state index is 4.25.